The zero-order valence-electron chi connectivity index (χ0n) is 20.1. The minimum atomic E-state index is -3.09. The number of hydrogen-bond donors (Lipinski definition) is 2. The molecule has 1 fully saturated rings. The molecule has 194 valence electrons. The summed E-state index contributed by atoms with van der Waals surface area (Å²) in [4.78, 5) is 24.1. The second kappa shape index (κ2) is 9.56. The lowest BCUT2D eigenvalue weighted by atomic mass is 10.2. The van der Waals surface area contributed by atoms with Crippen molar-refractivity contribution in [3.05, 3.63) is 41.3 Å². The molecule has 1 amide bonds. The number of nitrogens with one attached hydrogen (secondary N) is 2. The number of anilines is 3. The van der Waals surface area contributed by atoms with E-state index >= 15 is 0 Å². The van der Waals surface area contributed by atoms with Crippen LogP contribution < -0.4 is 15.4 Å². The number of carbonyl (C=O) groups is 1. The number of carbonyl (C=O) groups excluding carboxylic acids is 1. The van der Waals surface area contributed by atoms with Crippen LogP contribution in [0.2, 0.25) is 5.02 Å². The molecule has 0 radical (unpaired) electrons. The summed E-state index contributed by atoms with van der Waals surface area (Å²) >= 11 is 6.64. The van der Waals surface area contributed by atoms with E-state index in [0.29, 0.717) is 48.3 Å². The predicted molar refractivity (Wildman–Crippen MR) is 132 cm³/mol. The molecule has 0 bridgehead atoms. The van der Waals surface area contributed by atoms with Crippen molar-refractivity contribution >= 4 is 46.3 Å². The number of imidazole rings is 1. The normalized spacial score (nSPS) is 15.8. The highest BCUT2D eigenvalue weighted by Gasteiger charge is 2.34. The number of alkyl halides is 2. The van der Waals surface area contributed by atoms with Crippen LogP contribution in [-0.2, 0) is 22.5 Å². The zero-order chi connectivity index (χ0) is 26.3. The molecular formula is C23H23ClF2N8O3. The number of aryl methyl sites for hydroxylation is 1. The summed E-state index contributed by atoms with van der Waals surface area (Å²) in [5.41, 5.74) is 0.565. The van der Waals surface area contributed by atoms with Crippen molar-refractivity contribution in [2.24, 2.45) is 7.05 Å². The third-order valence-corrected chi connectivity index (χ3v) is 6.11. The van der Waals surface area contributed by atoms with Crippen molar-refractivity contribution in [2.45, 2.75) is 32.2 Å². The van der Waals surface area contributed by atoms with E-state index < -0.39 is 5.92 Å². The number of pyridine rings is 2. The summed E-state index contributed by atoms with van der Waals surface area (Å²) in [6.45, 7) is 3.03. The van der Waals surface area contributed by atoms with E-state index in [0.717, 1.165) is 6.92 Å². The largest absolute Gasteiger partial charge is 0.454 e. The number of hydrogen-bond acceptors (Lipinski definition) is 8. The van der Waals surface area contributed by atoms with Gasteiger partial charge in [0.1, 0.15) is 27.8 Å². The van der Waals surface area contributed by atoms with Crippen LogP contribution in [0.5, 0.6) is 11.5 Å². The lowest BCUT2D eigenvalue weighted by Crippen LogP contribution is -2.20. The first-order valence-corrected chi connectivity index (χ1v) is 11.7. The van der Waals surface area contributed by atoms with Gasteiger partial charge in [0, 0.05) is 45.8 Å². The van der Waals surface area contributed by atoms with Gasteiger partial charge in [0.05, 0.1) is 18.8 Å². The van der Waals surface area contributed by atoms with E-state index in [4.69, 9.17) is 21.1 Å². The molecule has 1 atom stereocenters. The predicted octanol–water partition coefficient (Wildman–Crippen LogP) is 4.78. The van der Waals surface area contributed by atoms with E-state index in [1.807, 2.05) is 0 Å². The lowest BCUT2D eigenvalue weighted by molar-refractivity contribution is -0.114. The van der Waals surface area contributed by atoms with Gasteiger partial charge in [-0.25, -0.2) is 9.97 Å². The highest BCUT2D eigenvalue weighted by Crippen LogP contribution is 2.37. The van der Waals surface area contributed by atoms with E-state index in [-0.39, 0.29) is 34.2 Å². The number of nitrogens with zero attached hydrogens (tertiary/aromatic N) is 6. The van der Waals surface area contributed by atoms with E-state index in [9.17, 15) is 13.6 Å². The molecule has 0 unspecified atom stereocenters. The average Bonchev–Trinajstić information content (AvgIpc) is 3.55. The van der Waals surface area contributed by atoms with Gasteiger partial charge in [0.2, 0.25) is 11.9 Å². The molecule has 0 aromatic carbocycles. The fourth-order valence-electron chi connectivity index (χ4n) is 4.04. The van der Waals surface area contributed by atoms with Crippen molar-refractivity contribution in [3.63, 3.8) is 0 Å². The maximum Gasteiger partial charge on any atom is 0.286 e. The number of aromatic nitrogens is 6. The Morgan fingerprint density at radius 2 is 2.11 bits per heavy atom. The third-order valence-electron chi connectivity index (χ3n) is 5.75. The molecule has 11 nitrogen and oxygen atoms in total. The highest BCUT2D eigenvalue weighted by molar-refractivity contribution is 6.36. The van der Waals surface area contributed by atoms with Crippen LogP contribution in [0.4, 0.5) is 26.4 Å². The van der Waals surface area contributed by atoms with Crippen LogP contribution in [0, 0.1) is 0 Å². The molecule has 4 aromatic rings. The second-order valence-electron chi connectivity index (χ2n) is 8.65. The number of rotatable bonds is 7. The summed E-state index contributed by atoms with van der Waals surface area (Å²) in [6, 6.07) is 4.18. The minimum Gasteiger partial charge on any atom is -0.454 e. The Bertz CT molecular complexity index is 1480. The topological polar surface area (TPSA) is 121 Å². The smallest absolute Gasteiger partial charge is 0.286 e. The lowest BCUT2D eigenvalue weighted by Gasteiger charge is -2.16. The molecule has 37 heavy (non-hydrogen) atoms. The maximum atomic E-state index is 14.3. The summed E-state index contributed by atoms with van der Waals surface area (Å²) in [5, 5.41) is 10.2. The Labute approximate surface area is 214 Å². The van der Waals surface area contributed by atoms with Gasteiger partial charge in [0.15, 0.2) is 17.2 Å². The molecule has 1 aliphatic rings. The van der Waals surface area contributed by atoms with Crippen LogP contribution in [-0.4, -0.2) is 48.4 Å². The Morgan fingerprint density at radius 1 is 1.30 bits per heavy atom. The van der Waals surface area contributed by atoms with E-state index in [1.165, 1.54) is 30.1 Å². The molecule has 4 aromatic heterocycles. The van der Waals surface area contributed by atoms with Crippen LogP contribution in [0.1, 0.15) is 32.0 Å². The van der Waals surface area contributed by atoms with Crippen LogP contribution in [0.15, 0.2) is 30.6 Å². The molecule has 2 N–H and O–H groups in total. The first-order valence-electron chi connectivity index (χ1n) is 11.3. The Hall–Kier alpha value is -3.84. The Kier molecular flexibility index (Phi) is 6.42. The quantitative estimate of drug-likeness (QED) is 0.349. The van der Waals surface area contributed by atoms with Gasteiger partial charge in [0.25, 0.3) is 5.92 Å². The SMILES string of the molecule is CC(=O)Nc1cc(Oc2cnc3nc(Nc4cc(C(C)(F)F)n([C@H]5CCOC5)n4)n(C)c3c2Cl)ccn1. The van der Waals surface area contributed by atoms with Gasteiger partial charge in [-0.3, -0.25) is 9.48 Å². The van der Waals surface area contributed by atoms with Gasteiger partial charge in [-0.2, -0.15) is 18.9 Å². The molecule has 0 saturated carbocycles. The number of halogens is 3. The fraction of sp³-hybridized carbons (Fsp3) is 0.348. The first-order chi connectivity index (χ1) is 17.6. The molecule has 1 aliphatic heterocycles. The van der Waals surface area contributed by atoms with Gasteiger partial charge in [-0.15, -0.1) is 0 Å². The maximum absolute atomic E-state index is 14.3. The van der Waals surface area contributed by atoms with Crippen molar-refractivity contribution in [3.8, 4) is 11.5 Å². The van der Waals surface area contributed by atoms with Crippen molar-refractivity contribution < 1.29 is 23.0 Å². The molecule has 5 rings (SSSR count). The summed E-state index contributed by atoms with van der Waals surface area (Å²) < 4.78 is 42.8. The fourth-order valence-corrected chi connectivity index (χ4v) is 4.34. The monoisotopic (exact) mass is 532 g/mol. The molecule has 14 heteroatoms. The summed E-state index contributed by atoms with van der Waals surface area (Å²) in [7, 11) is 1.70. The van der Waals surface area contributed by atoms with Gasteiger partial charge >= 0.3 is 0 Å². The molecule has 0 spiro atoms. The second-order valence-corrected chi connectivity index (χ2v) is 9.03. The molecule has 1 saturated heterocycles. The van der Waals surface area contributed by atoms with Gasteiger partial charge in [-0.05, 0) is 12.5 Å². The average molecular weight is 533 g/mol. The Morgan fingerprint density at radius 3 is 2.81 bits per heavy atom. The van der Waals surface area contributed by atoms with Crippen LogP contribution in [0.25, 0.3) is 11.2 Å². The van der Waals surface area contributed by atoms with Gasteiger partial charge < -0.3 is 24.7 Å². The van der Waals surface area contributed by atoms with Crippen LogP contribution in [0.3, 0.4) is 0 Å². The number of ether oxygens (including phenoxy) is 2. The van der Waals surface area contributed by atoms with E-state index in [1.54, 1.807) is 23.7 Å². The minimum absolute atomic E-state index is 0.205. The van der Waals surface area contributed by atoms with Crippen LogP contribution >= 0.6 is 11.6 Å². The number of fused-ring (bicyclic) bond motifs is 1. The highest BCUT2D eigenvalue weighted by atomic mass is 35.5. The zero-order valence-corrected chi connectivity index (χ0v) is 20.9. The standard InChI is InChI=1S/C23H23ClF2N8O3/c1-12(35)29-17-8-14(4-6-27-17)37-15-10-28-21-20(19(15)24)33(3)22(31-21)30-18-9-16(23(2,25)26)34(32-18)13-5-7-36-11-13/h4,6,8-10,13H,5,7,11H2,1-3H3,(H,27,29,35)(H,28,30,31,32)/t13-/m0/s1. The van der Waals surface area contributed by atoms with E-state index in [2.05, 4.69) is 30.7 Å². The van der Waals surface area contributed by atoms with Crippen molar-refractivity contribution in [2.75, 3.05) is 23.8 Å². The molecule has 5 heterocycles. The molecular weight excluding hydrogens is 510 g/mol. The third kappa shape index (κ3) is 5.04. The summed E-state index contributed by atoms with van der Waals surface area (Å²) in [6.07, 6.45) is 3.50. The first kappa shape index (κ1) is 24.8. The summed E-state index contributed by atoms with van der Waals surface area (Å²) in [5.74, 6) is -1.89. The molecule has 0 aliphatic carbocycles. The van der Waals surface area contributed by atoms with Crippen molar-refractivity contribution in [1.82, 2.24) is 29.3 Å². The number of amides is 1. The van der Waals surface area contributed by atoms with Gasteiger partial charge in [-0.1, -0.05) is 11.6 Å². The van der Waals surface area contributed by atoms with Crippen molar-refractivity contribution in [1.29, 1.82) is 0 Å². The Balaban J connectivity index is 1.44.